The molecule has 0 aliphatic rings. The number of esters is 1. The van der Waals surface area contributed by atoms with Gasteiger partial charge in [0.05, 0.1) is 27.9 Å². The summed E-state index contributed by atoms with van der Waals surface area (Å²) in [6.07, 6.45) is 0. The third kappa shape index (κ3) is 4.51. The molecule has 2 aromatic rings. The predicted octanol–water partition coefficient (Wildman–Crippen LogP) is 4.51. The van der Waals surface area contributed by atoms with E-state index < -0.39 is 11.9 Å². The molecular formula is C14H10Cl3NO4S. The van der Waals surface area contributed by atoms with Gasteiger partial charge in [0.2, 0.25) is 0 Å². The van der Waals surface area contributed by atoms with Crippen LogP contribution in [0.1, 0.15) is 9.67 Å². The Morgan fingerprint density at radius 2 is 1.87 bits per heavy atom. The molecule has 0 aliphatic carbocycles. The first-order valence-corrected chi connectivity index (χ1v) is 8.16. The molecule has 0 atom stereocenters. The van der Waals surface area contributed by atoms with E-state index in [1.807, 2.05) is 0 Å². The summed E-state index contributed by atoms with van der Waals surface area (Å²) in [4.78, 5) is 23.8. The number of benzene rings is 1. The molecule has 9 heteroatoms. The zero-order chi connectivity index (χ0) is 17.0. The van der Waals surface area contributed by atoms with Crippen molar-refractivity contribution in [2.45, 2.75) is 0 Å². The van der Waals surface area contributed by atoms with Crippen LogP contribution in [0.3, 0.4) is 0 Å². The molecule has 5 nitrogen and oxygen atoms in total. The van der Waals surface area contributed by atoms with Crippen LogP contribution >= 0.6 is 46.1 Å². The van der Waals surface area contributed by atoms with Crippen molar-refractivity contribution in [3.63, 3.8) is 0 Å². The maximum atomic E-state index is 11.9. The van der Waals surface area contributed by atoms with Crippen LogP contribution in [0.5, 0.6) is 5.75 Å². The number of ether oxygens (including phenoxy) is 2. The first-order chi connectivity index (χ1) is 10.9. The normalized spacial score (nSPS) is 10.3. The molecule has 122 valence electrons. The number of methoxy groups -OCH3 is 1. The van der Waals surface area contributed by atoms with Gasteiger partial charge >= 0.3 is 5.97 Å². The second-order valence-electron chi connectivity index (χ2n) is 4.19. The number of rotatable bonds is 5. The Balaban J connectivity index is 2.00. The molecule has 0 aliphatic heterocycles. The van der Waals surface area contributed by atoms with Crippen molar-refractivity contribution in [2.24, 2.45) is 0 Å². The quantitative estimate of drug-likeness (QED) is 0.598. The van der Waals surface area contributed by atoms with Gasteiger partial charge in [-0.1, -0.05) is 34.8 Å². The summed E-state index contributed by atoms with van der Waals surface area (Å²) < 4.78 is 9.94. The van der Waals surface area contributed by atoms with Gasteiger partial charge in [0.25, 0.3) is 5.91 Å². The first kappa shape index (κ1) is 17.9. The monoisotopic (exact) mass is 393 g/mol. The zero-order valence-electron chi connectivity index (χ0n) is 11.7. The van der Waals surface area contributed by atoms with Crippen molar-refractivity contribution in [3.8, 4) is 5.75 Å². The molecule has 0 saturated heterocycles. The SMILES string of the molecule is COC(=O)c1sccc1NC(=O)COc1cc(Cl)c(Cl)cc1Cl. The lowest BCUT2D eigenvalue weighted by Gasteiger charge is -2.10. The van der Waals surface area contributed by atoms with E-state index in [0.717, 1.165) is 11.3 Å². The van der Waals surface area contributed by atoms with E-state index in [2.05, 4.69) is 10.1 Å². The molecule has 0 radical (unpaired) electrons. The number of hydrogen-bond acceptors (Lipinski definition) is 5. The summed E-state index contributed by atoms with van der Waals surface area (Å²) in [6, 6.07) is 4.44. The van der Waals surface area contributed by atoms with Gasteiger partial charge in [-0.2, -0.15) is 0 Å². The maximum absolute atomic E-state index is 11.9. The molecule has 0 spiro atoms. The van der Waals surface area contributed by atoms with E-state index in [4.69, 9.17) is 39.5 Å². The summed E-state index contributed by atoms with van der Waals surface area (Å²) in [5.41, 5.74) is 0.357. The van der Waals surface area contributed by atoms with Gasteiger partial charge in [-0.3, -0.25) is 4.79 Å². The number of hydrogen-bond donors (Lipinski definition) is 1. The van der Waals surface area contributed by atoms with Crippen molar-refractivity contribution < 1.29 is 19.1 Å². The van der Waals surface area contributed by atoms with Crippen molar-refractivity contribution in [2.75, 3.05) is 19.0 Å². The van der Waals surface area contributed by atoms with Crippen LogP contribution < -0.4 is 10.1 Å². The lowest BCUT2D eigenvalue weighted by atomic mass is 10.3. The topological polar surface area (TPSA) is 64.6 Å². The molecule has 0 unspecified atom stereocenters. The standard InChI is InChI=1S/C14H10Cl3NO4S/c1-21-14(20)13-10(2-3-23-13)18-12(19)6-22-11-5-8(16)7(15)4-9(11)17/h2-5H,6H2,1H3,(H,18,19). The van der Waals surface area contributed by atoms with Crippen molar-refractivity contribution >= 4 is 63.7 Å². The van der Waals surface area contributed by atoms with Crippen molar-refractivity contribution in [3.05, 3.63) is 43.5 Å². The fourth-order valence-corrected chi connectivity index (χ4v) is 2.96. The third-order valence-electron chi connectivity index (χ3n) is 2.64. The van der Waals surface area contributed by atoms with Gasteiger partial charge in [-0.15, -0.1) is 11.3 Å². The van der Waals surface area contributed by atoms with Crippen LogP contribution in [-0.2, 0) is 9.53 Å². The van der Waals surface area contributed by atoms with Crippen molar-refractivity contribution in [1.29, 1.82) is 0 Å². The molecule has 1 N–H and O–H groups in total. The summed E-state index contributed by atoms with van der Waals surface area (Å²) in [6.45, 7) is -0.311. The lowest BCUT2D eigenvalue weighted by molar-refractivity contribution is -0.118. The summed E-state index contributed by atoms with van der Waals surface area (Å²) >= 11 is 18.8. The lowest BCUT2D eigenvalue weighted by Crippen LogP contribution is -2.21. The number of anilines is 1. The Kier molecular flexibility index (Phi) is 6.12. The summed E-state index contributed by atoms with van der Waals surface area (Å²) in [5, 5.41) is 5.01. The number of carbonyl (C=O) groups excluding carboxylic acids is 2. The van der Waals surface area contributed by atoms with E-state index in [0.29, 0.717) is 10.6 Å². The second-order valence-corrected chi connectivity index (χ2v) is 6.33. The Hall–Kier alpha value is -1.47. The highest BCUT2D eigenvalue weighted by Crippen LogP contribution is 2.33. The van der Waals surface area contributed by atoms with Crippen LogP contribution in [0.15, 0.2) is 23.6 Å². The Morgan fingerprint density at radius 3 is 2.57 bits per heavy atom. The Bertz CT molecular complexity index is 748. The number of halogens is 3. The highest BCUT2D eigenvalue weighted by Gasteiger charge is 2.16. The fourth-order valence-electron chi connectivity index (χ4n) is 1.60. The van der Waals surface area contributed by atoms with Crippen LogP contribution in [-0.4, -0.2) is 25.6 Å². The molecule has 1 amide bonds. The smallest absolute Gasteiger partial charge is 0.350 e. The zero-order valence-corrected chi connectivity index (χ0v) is 14.8. The van der Waals surface area contributed by atoms with Gasteiger partial charge in [0.15, 0.2) is 6.61 Å². The largest absolute Gasteiger partial charge is 0.482 e. The van der Waals surface area contributed by atoms with Gasteiger partial charge in [0, 0.05) is 6.07 Å². The van der Waals surface area contributed by atoms with E-state index >= 15 is 0 Å². The third-order valence-corrected chi connectivity index (χ3v) is 4.56. The predicted molar refractivity (Wildman–Crippen MR) is 91.3 cm³/mol. The maximum Gasteiger partial charge on any atom is 0.350 e. The van der Waals surface area contributed by atoms with Gasteiger partial charge in [-0.05, 0) is 17.5 Å². The van der Waals surface area contributed by atoms with Crippen LogP contribution in [0.25, 0.3) is 0 Å². The van der Waals surface area contributed by atoms with E-state index in [1.54, 1.807) is 11.4 Å². The first-order valence-electron chi connectivity index (χ1n) is 6.15. The minimum atomic E-state index is -0.524. The fraction of sp³-hybridized carbons (Fsp3) is 0.143. The average Bonchev–Trinajstić information content (AvgIpc) is 2.96. The molecule has 2 rings (SSSR count). The van der Waals surface area contributed by atoms with E-state index in [-0.39, 0.29) is 27.4 Å². The number of nitrogens with one attached hydrogen (secondary N) is 1. The summed E-state index contributed by atoms with van der Waals surface area (Å²) in [7, 11) is 1.27. The highest BCUT2D eigenvalue weighted by molar-refractivity contribution is 7.12. The van der Waals surface area contributed by atoms with E-state index in [1.165, 1.54) is 19.2 Å². The van der Waals surface area contributed by atoms with Crippen molar-refractivity contribution in [1.82, 2.24) is 0 Å². The number of amides is 1. The van der Waals surface area contributed by atoms with Crippen LogP contribution in [0.4, 0.5) is 5.69 Å². The highest BCUT2D eigenvalue weighted by atomic mass is 35.5. The molecule has 0 saturated carbocycles. The molecule has 1 heterocycles. The Morgan fingerprint density at radius 1 is 1.17 bits per heavy atom. The Labute approximate surface area is 151 Å². The minimum Gasteiger partial charge on any atom is -0.482 e. The molecular weight excluding hydrogens is 385 g/mol. The average molecular weight is 395 g/mol. The summed E-state index contributed by atoms with van der Waals surface area (Å²) in [5.74, 6) is -0.755. The molecule has 1 aromatic carbocycles. The molecule has 23 heavy (non-hydrogen) atoms. The number of thiophene rings is 1. The van der Waals surface area contributed by atoms with Crippen LogP contribution in [0.2, 0.25) is 15.1 Å². The van der Waals surface area contributed by atoms with Gasteiger partial charge < -0.3 is 14.8 Å². The van der Waals surface area contributed by atoms with Gasteiger partial charge in [-0.25, -0.2) is 4.79 Å². The second kappa shape index (κ2) is 7.88. The van der Waals surface area contributed by atoms with Crippen LogP contribution in [0, 0.1) is 0 Å². The molecule has 0 bridgehead atoms. The van der Waals surface area contributed by atoms with E-state index in [9.17, 15) is 9.59 Å². The minimum absolute atomic E-state index is 0.231. The van der Waals surface area contributed by atoms with Gasteiger partial charge in [0.1, 0.15) is 10.6 Å². The molecule has 0 fully saturated rings. The number of carbonyl (C=O) groups is 2. The molecule has 1 aromatic heterocycles.